The zero-order valence-corrected chi connectivity index (χ0v) is 12.0. The largest absolute Gasteiger partial charge is 0.467 e. The molecule has 1 fully saturated rings. The van der Waals surface area contributed by atoms with E-state index in [4.69, 9.17) is 18.9 Å². The zero-order valence-electron chi connectivity index (χ0n) is 12.0. The molecule has 1 aliphatic heterocycles. The molecule has 9 heteroatoms. The highest BCUT2D eigenvalue weighted by Crippen LogP contribution is 2.28. The van der Waals surface area contributed by atoms with Crippen molar-refractivity contribution in [2.24, 2.45) is 0 Å². The predicted molar refractivity (Wildman–Crippen MR) is 63.6 cm³/mol. The van der Waals surface area contributed by atoms with Crippen molar-refractivity contribution in [3.05, 3.63) is 0 Å². The van der Waals surface area contributed by atoms with Crippen LogP contribution in [0.4, 0.5) is 0 Å². The zero-order chi connectivity index (χ0) is 16.2. The van der Waals surface area contributed by atoms with Gasteiger partial charge < -0.3 is 23.7 Å². The SMILES string of the molecule is COC(=O)[C@H]1O[C@@H](OC(C)=O)C(OC(C)=O)C1OC(C)=O. The molecule has 0 N–H and O–H groups in total. The number of methoxy groups -OCH3 is 1. The van der Waals surface area contributed by atoms with Crippen LogP contribution in [0.2, 0.25) is 0 Å². The Hall–Kier alpha value is -2.16. The van der Waals surface area contributed by atoms with Crippen LogP contribution in [0.1, 0.15) is 20.8 Å². The maximum atomic E-state index is 11.6. The van der Waals surface area contributed by atoms with Crippen molar-refractivity contribution in [2.45, 2.75) is 45.4 Å². The molecule has 0 aromatic carbocycles. The third-order valence-corrected chi connectivity index (χ3v) is 2.49. The van der Waals surface area contributed by atoms with E-state index in [9.17, 15) is 19.2 Å². The maximum Gasteiger partial charge on any atom is 0.339 e. The molecule has 2 unspecified atom stereocenters. The van der Waals surface area contributed by atoms with Gasteiger partial charge in [-0.15, -0.1) is 0 Å². The Morgan fingerprint density at radius 3 is 1.71 bits per heavy atom. The molecule has 1 aliphatic rings. The van der Waals surface area contributed by atoms with E-state index in [1.165, 1.54) is 0 Å². The summed E-state index contributed by atoms with van der Waals surface area (Å²) in [4.78, 5) is 45.0. The van der Waals surface area contributed by atoms with Crippen molar-refractivity contribution >= 4 is 23.9 Å². The van der Waals surface area contributed by atoms with E-state index in [2.05, 4.69) is 4.74 Å². The molecule has 0 bridgehead atoms. The van der Waals surface area contributed by atoms with Gasteiger partial charge in [0.2, 0.25) is 12.4 Å². The van der Waals surface area contributed by atoms with Crippen molar-refractivity contribution < 1.29 is 42.9 Å². The summed E-state index contributed by atoms with van der Waals surface area (Å²) < 4.78 is 24.4. The number of ether oxygens (including phenoxy) is 5. The fourth-order valence-corrected chi connectivity index (χ4v) is 1.83. The molecule has 0 spiro atoms. The van der Waals surface area contributed by atoms with Gasteiger partial charge in [0.15, 0.2) is 12.2 Å². The molecule has 9 nitrogen and oxygen atoms in total. The summed E-state index contributed by atoms with van der Waals surface area (Å²) in [7, 11) is 1.11. The maximum absolute atomic E-state index is 11.6. The van der Waals surface area contributed by atoms with Gasteiger partial charge in [-0.1, -0.05) is 0 Å². The minimum absolute atomic E-state index is 0.718. The average molecular weight is 304 g/mol. The molecule has 1 saturated heterocycles. The molecule has 0 radical (unpaired) electrons. The smallest absolute Gasteiger partial charge is 0.339 e. The summed E-state index contributed by atoms with van der Waals surface area (Å²) in [5.41, 5.74) is 0. The minimum Gasteiger partial charge on any atom is -0.467 e. The van der Waals surface area contributed by atoms with Crippen molar-refractivity contribution in [1.29, 1.82) is 0 Å². The van der Waals surface area contributed by atoms with Gasteiger partial charge in [0.25, 0.3) is 0 Å². The molecular formula is C12H16O9. The molecule has 21 heavy (non-hydrogen) atoms. The number of hydrogen-bond donors (Lipinski definition) is 0. The molecule has 0 amide bonds. The highest BCUT2D eigenvalue weighted by atomic mass is 16.8. The Bertz CT molecular complexity index is 444. The number of carbonyl (C=O) groups excluding carboxylic acids is 4. The monoisotopic (exact) mass is 304 g/mol. The first-order valence-electron chi connectivity index (χ1n) is 6.01. The molecule has 0 aliphatic carbocycles. The molecule has 1 rings (SSSR count). The average Bonchev–Trinajstić information content (AvgIpc) is 2.65. The highest BCUT2D eigenvalue weighted by molar-refractivity contribution is 5.77. The second kappa shape index (κ2) is 7.02. The Balaban J connectivity index is 3.05. The van der Waals surface area contributed by atoms with Crippen LogP contribution in [0.5, 0.6) is 0 Å². The summed E-state index contributed by atoms with van der Waals surface area (Å²) in [5, 5.41) is 0. The third kappa shape index (κ3) is 4.42. The Morgan fingerprint density at radius 1 is 0.810 bits per heavy atom. The van der Waals surface area contributed by atoms with Crippen molar-refractivity contribution in [1.82, 2.24) is 0 Å². The first kappa shape index (κ1) is 16.9. The van der Waals surface area contributed by atoms with Crippen molar-refractivity contribution in [3.8, 4) is 0 Å². The lowest BCUT2D eigenvalue weighted by molar-refractivity contribution is -0.198. The minimum atomic E-state index is -1.38. The molecule has 0 aromatic heterocycles. The van der Waals surface area contributed by atoms with Crippen LogP contribution < -0.4 is 0 Å². The third-order valence-electron chi connectivity index (χ3n) is 2.49. The lowest BCUT2D eigenvalue weighted by Crippen LogP contribution is -2.43. The van der Waals surface area contributed by atoms with Crippen LogP contribution in [0.3, 0.4) is 0 Å². The van der Waals surface area contributed by atoms with Gasteiger partial charge in [0.05, 0.1) is 7.11 Å². The van der Waals surface area contributed by atoms with Crippen LogP contribution in [0.25, 0.3) is 0 Å². The number of carbonyl (C=O) groups is 4. The molecule has 0 saturated carbocycles. The summed E-state index contributed by atoms with van der Waals surface area (Å²) in [6, 6.07) is 0. The second-order valence-electron chi connectivity index (χ2n) is 4.21. The fraction of sp³-hybridized carbons (Fsp3) is 0.667. The highest BCUT2D eigenvalue weighted by Gasteiger charge is 2.54. The van der Waals surface area contributed by atoms with Crippen LogP contribution in [0.15, 0.2) is 0 Å². The van der Waals surface area contributed by atoms with Crippen molar-refractivity contribution in [2.75, 3.05) is 7.11 Å². The van der Waals surface area contributed by atoms with Crippen LogP contribution in [-0.2, 0) is 42.9 Å². The van der Waals surface area contributed by atoms with Crippen molar-refractivity contribution in [3.63, 3.8) is 0 Å². The Morgan fingerprint density at radius 2 is 1.29 bits per heavy atom. The summed E-state index contributed by atoms with van der Waals surface area (Å²) in [5.74, 6) is -3.01. The van der Waals surface area contributed by atoms with Gasteiger partial charge >= 0.3 is 23.9 Å². The second-order valence-corrected chi connectivity index (χ2v) is 4.21. The van der Waals surface area contributed by atoms with Gasteiger partial charge in [-0.05, 0) is 0 Å². The lowest BCUT2D eigenvalue weighted by atomic mass is 10.1. The summed E-state index contributed by atoms with van der Waals surface area (Å²) in [6.45, 7) is 3.33. The van der Waals surface area contributed by atoms with E-state index in [1.807, 2.05) is 0 Å². The Labute approximate surface area is 120 Å². The van der Waals surface area contributed by atoms with Crippen LogP contribution in [0, 0.1) is 0 Å². The van der Waals surface area contributed by atoms with E-state index in [0.717, 1.165) is 27.9 Å². The van der Waals surface area contributed by atoms with Crippen LogP contribution >= 0.6 is 0 Å². The first-order chi connectivity index (χ1) is 9.76. The number of rotatable bonds is 4. The molecule has 0 aromatic rings. The molecule has 1 heterocycles. The van der Waals surface area contributed by atoms with E-state index < -0.39 is 48.5 Å². The topological polar surface area (TPSA) is 114 Å². The van der Waals surface area contributed by atoms with Gasteiger partial charge in [-0.2, -0.15) is 0 Å². The van der Waals surface area contributed by atoms with E-state index in [-0.39, 0.29) is 0 Å². The summed E-state index contributed by atoms with van der Waals surface area (Å²) in [6.07, 6.45) is -5.28. The van der Waals surface area contributed by atoms with Gasteiger partial charge in [-0.25, -0.2) is 4.79 Å². The summed E-state index contributed by atoms with van der Waals surface area (Å²) >= 11 is 0. The standard InChI is InChI=1S/C12H16O9/c1-5(13)18-8-9(11(16)17-4)21-12(20-7(3)15)10(8)19-6(2)14/h8-10,12H,1-4H3/t8?,9-,10?,12+/m0/s1. The van der Waals surface area contributed by atoms with E-state index in [0.29, 0.717) is 0 Å². The van der Waals surface area contributed by atoms with Gasteiger partial charge in [0, 0.05) is 20.8 Å². The van der Waals surface area contributed by atoms with E-state index in [1.54, 1.807) is 0 Å². The molecule has 118 valence electrons. The van der Waals surface area contributed by atoms with Gasteiger partial charge in [-0.3, -0.25) is 14.4 Å². The predicted octanol–water partition coefficient (Wildman–Crippen LogP) is -0.689. The van der Waals surface area contributed by atoms with Gasteiger partial charge in [0.1, 0.15) is 0 Å². The van der Waals surface area contributed by atoms with E-state index >= 15 is 0 Å². The lowest BCUT2D eigenvalue weighted by Gasteiger charge is -2.22. The quantitative estimate of drug-likeness (QED) is 0.491. The fourth-order valence-electron chi connectivity index (χ4n) is 1.83. The Kier molecular flexibility index (Phi) is 5.65. The normalized spacial score (nSPS) is 27.6. The number of hydrogen-bond acceptors (Lipinski definition) is 9. The molecular weight excluding hydrogens is 288 g/mol. The first-order valence-corrected chi connectivity index (χ1v) is 6.01. The molecule has 4 atom stereocenters. The number of esters is 4. The van der Waals surface area contributed by atoms with Crippen LogP contribution in [-0.4, -0.2) is 55.6 Å².